The van der Waals surface area contributed by atoms with E-state index >= 15 is 0 Å². The Morgan fingerprint density at radius 3 is 0.626 bits per heavy atom. The van der Waals surface area contributed by atoms with E-state index in [1.165, 1.54) is 83.5 Å². The van der Waals surface area contributed by atoms with E-state index in [0.717, 1.165) is 89.0 Å². The zero-order valence-electron chi connectivity index (χ0n) is 79.5. The molecular formula is C135H86N12. The third-order valence-electron chi connectivity index (χ3n) is 28.4. The van der Waals surface area contributed by atoms with Gasteiger partial charge in [0.25, 0.3) is 0 Å². The van der Waals surface area contributed by atoms with Gasteiger partial charge >= 0.3 is 0 Å². The SMILES string of the molecule is N#Cc1ccc(-c2ccc(-c3nc(-c4ccccc4)nc(-c4cccc(C5(c6ccccc6)c6ccccc6-c6ccccc65)c4)n3)cc2)cc1.N#Cc1cccc(-c2nc(-c3ccccc3)nc(-c3cccc(C4(c5ccccc5)c5ccccc5-c5ccccc54)c3)n2)c1.N#Cc1ccccc1-c1ccc(-c2nc(-c3ccccc3)nc(-c3cccc(C4(c5ccccc5)c5ccccc5-c5ccccc54)c3)n2)cc1. The topological polar surface area (TPSA) is 187 Å². The summed E-state index contributed by atoms with van der Waals surface area (Å²) in [6.45, 7) is 0. The van der Waals surface area contributed by atoms with Gasteiger partial charge in [-0.2, -0.15) is 15.8 Å². The summed E-state index contributed by atoms with van der Waals surface area (Å²) in [6, 6.07) is 187. The van der Waals surface area contributed by atoms with Crippen LogP contribution in [0.15, 0.2) is 522 Å². The molecule has 26 rings (SSSR count). The number of benzene rings is 20. The number of hydrogen-bond donors (Lipinski definition) is 0. The summed E-state index contributed by atoms with van der Waals surface area (Å²) in [5.41, 5.74) is 34.3. The zero-order valence-corrected chi connectivity index (χ0v) is 79.5. The summed E-state index contributed by atoms with van der Waals surface area (Å²) in [6.07, 6.45) is 0. The number of aromatic nitrogens is 9. The first-order chi connectivity index (χ1) is 72.7. The van der Waals surface area contributed by atoms with Gasteiger partial charge in [-0.05, 0) is 171 Å². The van der Waals surface area contributed by atoms with Crippen LogP contribution in [0.3, 0.4) is 0 Å². The van der Waals surface area contributed by atoms with Gasteiger partial charge in [0.2, 0.25) is 0 Å². The van der Waals surface area contributed by atoms with Gasteiger partial charge in [-0.25, -0.2) is 44.9 Å². The summed E-state index contributed by atoms with van der Waals surface area (Å²) in [7, 11) is 0. The van der Waals surface area contributed by atoms with Crippen molar-refractivity contribution in [2.24, 2.45) is 0 Å². The predicted octanol–water partition coefficient (Wildman–Crippen LogP) is 30.7. The van der Waals surface area contributed by atoms with Gasteiger partial charge < -0.3 is 0 Å². The molecule has 0 unspecified atom stereocenters. The van der Waals surface area contributed by atoms with E-state index in [-0.39, 0.29) is 0 Å². The molecule has 0 radical (unpaired) electrons. The van der Waals surface area contributed by atoms with Crippen molar-refractivity contribution in [3.8, 4) is 176 Å². The van der Waals surface area contributed by atoms with Gasteiger partial charge in [-0.15, -0.1) is 0 Å². The van der Waals surface area contributed by atoms with E-state index in [4.69, 9.17) is 44.9 Å². The first-order valence-corrected chi connectivity index (χ1v) is 49.0. The summed E-state index contributed by atoms with van der Waals surface area (Å²) in [5.74, 6) is 5.30. The Morgan fingerprint density at radius 1 is 0.136 bits per heavy atom. The van der Waals surface area contributed by atoms with Crippen LogP contribution >= 0.6 is 0 Å². The highest BCUT2D eigenvalue weighted by Gasteiger charge is 2.49. The molecule has 0 amide bonds. The number of rotatable bonds is 17. The highest BCUT2D eigenvalue weighted by atomic mass is 15.1. The van der Waals surface area contributed by atoms with E-state index in [1.807, 2.05) is 182 Å². The van der Waals surface area contributed by atoms with Crippen molar-refractivity contribution < 1.29 is 0 Å². The van der Waals surface area contributed by atoms with Crippen LogP contribution < -0.4 is 0 Å². The molecule has 0 spiro atoms. The lowest BCUT2D eigenvalue weighted by Gasteiger charge is -2.34. The lowest BCUT2D eigenvalue weighted by atomic mass is 9.67. The summed E-state index contributed by atoms with van der Waals surface area (Å²) in [4.78, 5) is 45.2. The normalized spacial score (nSPS) is 12.5. The maximum atomic E-state index is 9.68. The van der Waals surface area contributed by atoms with Crippen molar-refractivity contribution in [3.05, 3.63) is 605 Å². The van der Waals surface area contributed by atoms with Crippen LogP contribution in [0.5, 0.6) is 0 Å². The molecule has 12 heteroatoms. The van der Waals surface area contributed by atoms with Gasteiger partial charge in [-0.1, -0.05) is 473 Å². The first kappa shape index (κ1) is 89.5. The predicted molar refractivity (Wildman–Crippen MR) is 585 cm³/mol. The van der Waals surface area contributed by atoms with Gasteiger partial charge in [0.1, 0.15) is 0 Å². The molecule has 20 aromatic carbocycles. The largest absolute Gasteiger partial charge is 0.208 e. The minimum atomic E-state index is -0.530. The highest BCUT2D eigenvalue weighted by molar-refractivity contribution is 5.91. The third kappa shape index (κ3) is 16.2. The van der Waals surface area contributed by atoms with Crippen molar-refractivity contribution in [1.29, 1.82) is 15.8 Å². The minimum absolute atomic E-state index is 0.524. The number of fused-ring (bicyclic) bond motifs is 9. The second-order valence-corrected chi connectivity index (χ2v) is 36.6. The fourth-order valence-electron chi connectivity index (χ4n) is 21.8. The van der Waals surface area contributed by atoms with Crippen LogP contribution in [0.1, 0.15) is 83.5 Å². The quantitative estimate of drug-likeness (QED) is 0.0840. The molecule has 0 saturated carbocycles. The van der Waals surface area contributed by atoms with Crippen LogP contribution in [0.2, 0.25) is 0 Å². The van der Waals surface area contributed by atoms with E-state index in [0.29, 0.717) is 69.1 Å². The Kier molecular flexibility index (Phi) is 23.6. The molecule has 0 fully saturated rings. The van der Waals surface area contributed by atoms with Gasteiger partial charge in [-0.3, -0.25) is 0 Å². The maximum Gasteiger partial charge on any atom is 0.164 e. The average Bonchev–Trinajstić information content (AvgIpc) is 1.55. The fourth-order valence-corrected chi connectivity index (χ4v) is 21.8. The first-order valence-electron chi connectivity index (χ1n) is 49.0. The molecule has 0 saturated heterocycles. The van der Waals surface area contributed by atoms with Crippen molar-refractivity contribution in [3.63, 3.8) is 0 Å². The molecule has 0 bridgehead atoms. The summed E-state index contributed by atoms with van der Waals surface area (Å²) >= 11 is 0. The molecule has 3 heterocycles. The molecule has 0 atom stereocenters. The third-order valence-corrected chi connectivity index (χ3v) is 28.4. The molecule has 147 heavy (non-hydrogen) atoms. The number of nitrogens with zero attached hydrogens (tertiary/aromatic N) is 12. The van der Waals surface area contributed by atoms with Crippen molar-refractivity contribution in [2.75, 3.05) is 0 Å². The monoisotopic (exact) mass is 1870 g/mol. The molecule has 3 aliphatic rings. The number of nitriles is 3. The molecule has 0 N–H and O–H groups in total. The second kappa shape index (κ2) is 38.8. The zero-order chi connectivity index (χ0) is 98.6. The van der Waals surface area contributed by atoms with Crippen LogP contribution in [0, 0.1) is 34.0 Å². The number of hydrogen-bond acceptors (Lipinski definition) is 12. The Hall–Kier alpha value is -20.1. The average molecular weight is 1880 g/mol. The van der Waals surface area contributed by atoms with Crippen molar-refractivity contribution in [2.45, 2.75) is 16.2 Å². The Labute approximate surface area is 852 Å². The fraction of sp³-hybridized carbons (Fsp3) is 0.0222. The standard InChI is InChI=1S/2C47H30N4.C41H26N4/c48-31-32-22-24-33(25-23-32)34-26-28-36(29-27-34)45-49-44(35-12-3-1-4-13-35)50-46(51-45)37-14-11-17-39(30-37)47(38-15-5-2-6-16-38)42-20-9-7-18-40(42)41-19-8-10-21-43(41)47;48-31-36-16-7-8-21-39(36)32-26-28-34(29-27-32)45-49-44(33-14-3-1-4-15-33)50-46(51-45)35-17-13-20-38(30-35)47(37-18-5-2-6-19-37)42-24-11-9-22-40(42)41-23-10-12-25-43(41)47;42-27-28-13-11-16-30(25-28)39-43-38(29-14-3-1-4-15-29)44-40(45-39)31-17-12-20-33(26-31)41(32-18-5-2-6-19-32)36-23-9-7-21-34(36)35-22-8-10-24-37(35)41/h2*1-30H;1-26H. The molecular weight excluding hydrogens is 1790 g/mol. The highest BCUT2D eigenvalue weighted by Crippen LogP contribution is 2.60. The lowest BCUT2D eigenvalue weighted by molar-refractivity contribution is 0.768. The van der Waals surface area contributed by atoms with Gasteiger partial charge in [0.05, 0.1) is 51.1 Å². The van der Waals surface area contributed by atoms with E-state index in [2.05, 4.69) is 352 Å². The Balaban J connectivity index is 0.000000118. The van der Waals surface area contributed by atoms with Crippen LogP contribution in [0.4, 0.5) is 0 Å². The van der Waals surface area contributed by atoms with Gasteiger partial charge in [0.15, 0.2) is 52.4 Å². The Bertz CT molecular complexity index is 8920. The van der Waals surface area contributed by atoms with E-state index < -0.39 is 16.2 Å². The summed E-state index contributed by atoms with van der Waals surface area (Å²) < 4.78 is 0. The maximum absolute atomic E-state index is 9.68. The van der Waals surface area contributed by atoms with Crippen molar-refractivity contribution >= 4 is 0 Å². The molecule has 0 aliphatic heterocycles. The molecule has 686 valence electrons. The molecule has 3 aliphatic carbocycles. The summed E-state index contributed by atoms with van der Waals surface area (Å²) in [5, 5.41) is 28.5. The Morgan fingerprint density at radius 2 is 0.340 bits per heavy atom. The molecule has 23 aromatic rings. The lowest BCUT2D eigenvalue weighted by Crippen LogP contribution is -2.28. The van der Waals surface area contributed by atoms with Gasteiger partial charge in [0, 0.05) is 50.1 Å². The minimum Gasteiger partial charge on any atom is -0.208 e. The van der Waals surface area contributed by atoms with Crippen LogP contribution in [-0.4, -0.2) is 44.9 Å². The molecule has 12 nitrogen and oxygen atoms in total. The van der Waals surface area contributed by atoms with E-state index in [9.17, 15) is 15.8 Å². The smallest absolute Gasteiger partial charge is 0.164 e. The van der Waals surface area contributed by atoms with Crippen molar-refractivity contribution in [1.82, 2.24) is 44.9 Å². The molecule has 3 aromatic heterocycles. The van der Waals surface area contributed by atoms with Crippen LogP contribution in [-0.2, 0) is 16.2 Å². The second-order valence-electron chi connectivity index (χ2n) is 36.6. The van der Waals surface area contributed by atoms with Crippen LogP contribution in [0.25, 0.3) is 158 Å². The van der Waals surface area contributed by atoms with E-state index in [1.54, 1.807) is 6.07 Å².